The number of hydrogen-bond donors (Lipinski definition) is 3. The molecule has 156 valence electrons. The molecule has 1 saturated heterocycles. The Morgan fingerprint density at radius 2 is 2.13 bits per heavy atom. The van der Waals surface area contributed by atoms with Gasteiger partial charge >= 0.3 is 11.8 Å². The Morgan fingerprint density at radius 1 is 1.30 bits per heavy atom. The summed E-state index contributed by atoms with van der Waals surface area (Å²) in [6.45, 7) is 4.45. The van der Waals surface area contributed by atoms with Gasteiger partial charge in [-0.3, -0.25) is 14.7 Å². The van der Waals surface area contributed by atoms with Gasteiger partial charge < -0.3 is 16.0 Å². The summed E-state index contributed by atoms with van der Waals surface area (Å²) in [6, 6.07) is 7.56. The highest BCUT2D eigenvalue weighted by atomic mass is 32.1. The Bertz CT molecular complexity index is 1060. The van der Waals surface area contributed by atoms with Gasteiger partial charge in [0.2, 0.25) is 0 Å². The third-order valence-corrected chi connectivity index (χ3v) is 6.59. The lowest BCUT2D eigenvalue weighted by atomic mass is 9.93. The van der Waals surface area contributed by atoms with Crippen molar-refractivity contribution in [2.75, 3.05) is 17.6 Å². The van der Waals surface area contributed by atoms with E-state index in [2.05, 4.69) is 27.4 Å². The lowest BCUT2D eigenvalue weighted by molar-refractivity contribution is -0.146. The SMILES string of the molecule is Cc1cc(NC(=O)C(=O)N2C[C@H](C)CC[C@@H]2c2ccc(-c3ccn[nH]3)s2)cnc1N. The number of piperidine rings is 1. The fourth-order valence-electron chi connectivity index (χ4n) is 3.71. The van der Waals surface area contributed by atoms with Crippen LogP contribution in [-0.4, -0.2) is 38.4 Å². The number of H-pyrrole nitrogens is 1. The summed E-state index contributed by atoms with van der Waals surface area (Å²) in [5.74, 6) is -0.455. The summed E-state index contributed by atoms with van der Waals surface area (Å²) < 4.78 is 0. The quantitative estimate of drug-likeness (QED) is 0.557. The summed E-state index contributed by atoms with van der Waals surface area (Å²) >= 11 is 1.62. The molecule has 0 aromatic carbocycles. The van der Waals surface area contributed by atoms with Crippen LogP contribution in [0.1, 0.15) is 36.2 Å². The number of hydrogen-bond acceptors (Lipinski definition) is 6. The molecule has 0 aliphatic carbocycles. The molecule has 3 aromatic rings. The van der Waals surface area contributed by atoms with E-state index in [1.54, 1.807) is 35.4 Å². The molecule has 3 aromatic heterocycles. The van der Waals surface area contributed by atoms with E-state index in [-0.39, 0.29) is 6.04 Å². The summed E-state index contributed by atoms with van der Waals surface area (Å²) in [7, 11) is 0. The number of likely N-dealkylation sites (tertiary alicyclic amines) is 1. The number of aromatic nitrogens is 3. The molecule has 2 atom stereocenters. The fourth-order valence-corrected chi connectivity index (χ4v) is 4.84. The first kappa shape index (κ1) is 20.1. The number of aryl methyl sites for hydroxylation is 1. The lowest BCUT2D eigenvalue weighted by Crippen LogP contribution is -2.46. The molecule has 9 heteroatoms. The number of aromatic amines is 1. The number of nitrogens with zero attached hydrogens (tertiary/aromatic N) is 3. The highest BCUT2D eigenvalue weighted by Crippen LogP contribution is 2.39. The van der Waals surface area contributed by atoms with E-state index in [0.717, 1.165) is 33.9 Å². The second-order valence-corrected chi connectivity index (χ2v) is 8.82. The molecular formula is C21H24N6O2S. The number of amides is 2. The fraction of sp³-hybridized carbons (Fsp3) is 0.333. The Kier molecular flexibility index (Phi) is 5.54. The molecule has 0 radical (unpaired) electrons. The summed E-state index contributed by atoms with van der Waals surface area (Å²) in [5, 5.41) is 9.63. The van der Waals surface area contributed by atoms with Crippen LogP contribution in [0.5, 0.6) is 0 Å². The number of nitrogens with one attached hydrogen (secondary N) is 2. The average Bonchev–Trinajstić information content (AvgIpc) is 3.42. The zero-order valence-corrected chi connectivity index (χ0v) is 17.7. The number of nitrogens with two attached hydrogens (primary N) is 1. The maximum Gasteiger partial charge on any atom is 0.313 e. The van der Waals surface area contributed by atoms with Gasteiger partial charge in [-0.15, -0.1) is 11.3 Å². The predicted molar refractivity (Wildman–Crippen MR) is 117 cm³/mol. The van der Waals surface area contributed by atoms with E-state index in [1.165, 1.54) is 6.20 Å². The molecule has 2 amide bonds. The summed E-state index contributed by atoms with van der Waals surface area (Å²) in [4.78, 5) is 33.6. The Balaban J connectivity index is 1.54. The van der Waals surface area contributed by atoms with Gasteiger partial charge in [-0.2, -0.15) is 5.10 Å². The Hall–Kier alpha value is -3.20. The third-order valence-electron chi connectivity index (χ3n) is 5.37. The molecule has 0 unspecified atom stereocenters. The van der Waals surface area contributed by atoms with E-state index >= 15 is 0 Å². The van der Waals surface area contributed by atoms with Gasteiger partial charge in [-0.1, -0.05) is 6.92 Å². The first-order valence-electron chi connectivity index (χ1n) is 9.86. The van der Waals surface area contributed by atoms with Crippen molar-refractivity contribution < 1.29 is 9.59 Å². The van der Waals surface area contributed by atoms with Crippen LogP contribution in [0.3, 0.4) is 0 Å². The van der Waals surface area contributed by atoms with Crippen LogP contribution in [0, 0.1) is 12.8 Å². The molecule has 4 N–H and O–H groups in total. The van der Waals surface area contributed by atoms with E-state index in [9.17, 15) is 9.59 Å². The van der Waals surface area contributed by atoms with E-state index in [4.69, 9.17) is 5.73 Å². The minimum Gasteiger partial charge on any atom is -0.383 e. The standard InChI is InChI=1S/C21H24N6O2S/c1-12-3-4-16(18-6-5-17(30-18)15-7-8-24-26-15)27(11-12)21(29)20(28)25-14-9-13(2)19(22)23-10-14/h5-10,12,16H,3-4,11H2,1-2H3,(H2,22,23)(H,24,26)(H,25,28)/t12-,16-/m1/s1. The molecule has 1 fully saturated rings. The largest absolute Gasteiger partial charge is 0.383 e. The third kappa shape index (κ3) is 4.06. The maximum absolute atomic E-state index is 13.1. The average molecular weight is 425 g/mol. The minimum atomic E-state index is -0.662. The molecule has 1 aliphatic rings. The van der Waals surface area contributed by atoms with Crippen LogP contribution in [0.15, 0.2) is 36.7 Å². The van der Waals surface area contributed by atoms with Gasteiger partial charge in [0.25, 0.3) is 0 Å². The maximum atomic E-state index is 13.1. The van der Waals surface area contributed by atoms with Crippen LogP contribution >= 0.6 is 11.3 Å². The van der Waals surface area contributed by atoms with Crippen molar-refractivity contribution >= 4 is 34.7 Å². The van der Waals surface area contributed by atoms with Crippen LogP contribution < -0.4 is 11.1 Å². The van der Waals surface area contributed by atoms with E-state index in [0.29, 0.717) is 24.0 Å². The Morgan fingerprint density at radius 3 is 2.87 bits per heavy atom. The van der Waals surface area contributed by atoms with Crippen molar-refractivity contribution in [2.24, 2.45) is 5.92 Å². The van der Waals surface area contributed by atoms with Crippen molar-refractivity contribution in [1.29, 1.82) is 0 Å². The molecule has 0 spiro atoms. The van der Waals surface area contributed by atoms with E-state index < -0.39 is 11.8 Å². The minimum absolute atomic E-state index is 0.118. The molecule has 0 bridgehead atoms. The highest BCUT2D eigenvalue weighted by Gasteiger charge is 2.35. The number of carbonyl (C=O) groups excluding carboxylic acids is 2. The number of anilines is 2. The summed E-state index contributed by atoms with van der Waals surface area (Å²) in [5.41, 5.74) is 7.87. The van der Waals surface area contributed by atoms with Gasteiger partial charge in [-0.25, -0.2) is 4.98 Å². The topological polar surface area (TPSA) is 117 Å². The molecule has 4 heterocycles. The number of nitrogen functional groups attached to an aromatic ring is 1. The second kappa shape index (κ2) is 8.27. The molecule has 4 rings (SSSR count). The zero-order valence-electron chi connectivity index (χ0n) is 16.9. The predicted octanol–water partition coefficient (Wildman–Crippen LogP) is 3.36. The number of pyridine rings is 1. The van der Waals surface area contributed by atoms with Gasteiger partial charge in [0.1, 0.15) is 5.82 Å². The molecule has 30 heavy (non-hydrogen) atoms. The highest BCUT2D eigenvalue weighted by molar-refractivity contribution is 7.15. The van der Waals surface area contributed by atoms with Gasteiger partial charge in [0.05, 0.1) is 28.5 Å². The monoisotopic (exact) mass is 424 g/mol. The lowest BCUT2D eigenvalue weighted by Gasteiger charge is -2.37. The molecule has 8 nitrogen and oxygen atoms in total. The van der Waals surface area contributed by atoms with Crippen LogP contribution in [0.25, 0.3) is 10.6 Å². The molecule has 0 saturated carbocycles. The van der Waals surface area contributed by atoms with Crippen molar-refractivity contribution in [3.05, 3.63) is 47.1 Å². The first-order chi connectivity index (χ1) is 14.4. The van der Waals surface area contributed by atoms with Crippen molar-refractivity contribution in [3.63, 3.8) is 0 Å². The number of carbonyl (C=O) groups is 2. The zero-order chi connectivity index (χ0) is 21.3. The van der Waals surface area contributed by atoms with Crippen LogP contribution in [-0.2, 0) is 9.59 Å². The smallest absolute Gasteiger partial charge is 0.313 e. The van der Waals surface area contributed by atoms with Crippen molar-refractivity contribution in [2.45, 2.75) is 32.7 Å². The molecular weight excluding hydrogens is 400 g/mol. The van der Waals surface area contributed by atoms with Gasteiger partial charge in [-0.05, 0) is 55.5 Å². The normalized spacial score (nSPS) is 18.9. The van der Waals surface area contributed by atoms with Crippen LogP contribution in [0.4, 0.5) is 11.5 Å². The van der Waals surface area contributed by atoms with E-state index in [1.807, 2.05) is 18.2 Å². The Labute approximate surface area is 178 Å². The van der Waals surface area contributed by atoms with Crippen molar-refractivity contribution in [3.8, 4) is 10.6 Å². The number of thiophene rings is 1. The van der Waals surface area contributed by atoms with Gasteiger partial charge in [0, 0.05) is 17.6 Å². The first-order valence-corrected chi connectivity index (χ1v) is 10.7. The second-order valence-electron chi connectivity index (χ2n) is 7.71. The number of rotatable bonds is 3. The van der Waals surface area contributed by atoms with Gasteiger partial charge in [0.15, 0.2) is 0 Å². The summed E-state index contributed by atoms with van der Waals surface area (Å²) in [6.07, 6.45) is 5.00. The molecule has 1 aliphatic heterocycles. The van der Waals surface area contributed by atoms with Crippen molar-refractivity contribution in [1.82, 2.24) is 20.1 Å². The van der Waals surface area contributed by atoms with Crippen LogP contribution in [0.2, 0.25) is 0 Å².